The van der Waals surface area contributed by atoms with Gasteiger partial charge in [-0.05, 0) is 30.4 Å². The predicted molar refractivity (Wildman–Crippen MR) is 86.8 cm³/mol. The van der Waals surface area contributed by atoms with Crippen molar-refractivity contribution in [2.45, 2.75) is 38.6 Å². The van der Waals surface area contributed by atoms with Gasteiger partial charge in [0.05, 0.1) is 11.0 Å². The fraction of sp³-hybridized carbons (Fsp3) is 0.412. The summed E-state index contributed by atoms with van der Waals surface area (Å²) in [7, 11) is 1.77. The Morgan fingerprint density at radius 3 is 2.68 bits per heavy atom. The quantitative estimate of drug-likeness (QED) is 0.926. The Labute approximate surface area is 129 Å². The molecule has 0 spiro atoms. The zero-order valence-electron chi connectivity index (χ0n) is 13.2. The Kier molecular flexibility index (Phi) is 3.43. The number of nitrogens with one attached hydrogen (secondary N) is 1. The number of aromatic nitrogens is 2. The van der Waals surface area contributed by atoms with Crippen LogP contribution in [0.3, 0.4) is 0 Å². The highest BCUT2D eigenvalue weighted by Crippen LogP contribution is 2.29. The van der Waals surface area contributed by atoms with E-state index in [4.69, 9.17) is 0 Å². The molecule has 2 heterocycles. The number of hydrogen-bond donors (Lipinski definition) is 1. The second-order valence-electron chi connectivity index (χ2n) is 6.23. The lowest BCUT2D eigenvalue weighted by atomic mass is 10.0. The van der Waals surface area contributed by atoms with Crippen LogP contribution in [0.1, 0.15) is 44.2 Å². The number of allylic oxidation sites excluding steroid dienone is 1. The number of fused-ring (bicyclic) bond motifs is 1. The number of aryl methyl sites for hydroxylation is 1. The third-order valence-corrected chi connectivity index (χ3v) is 4.39. The van der Waals surface area contributed by atoms with Gasteiger partial charge in [0.15, 0.2) is 0 Å². The van der Waals surface area contributed by atoms with Crippen LogP contribution in [0.25, 0.3) is 11.0 Å². The highest BCUT2D eigenvalue weighted by atomic mass is 16.2. The van der Waals surface area contributed by atoms with Crippen LogP contribution in [-0.4, -0.2) is 15.0 Å². The Balaban J connectivity index is 2.25. The standard InChI is InChI=1S/C17H21N3O2/c1-10(2)12-6-5-7-13-15(12)19(4)17(22)20(13)14-9-8-11(3)18-16(14)21/h5-7,10,14H,3,8-9H2,1-2,4H3,(H,18,21)/t14-/m1/s1. The van der Waals surface area contributed by atoms with Crippen molar-refractivity contribution in [2.75, 3.05) is 0 Å². The van der Waals surface area contributed by atoms with E-state index in [9.17, 15) is 9.59 Å². The molecule has 1 fully saturated rings. The van der Waals surface area contributed by atoms with Crippen molar-refractivity contribution < 1.29 is 4.79 Å². The van der Waals surface area contributed by atoms with Crippen molar-refractivity contribution in [3.8, 4) is 0 Å². The first-order valence-electron chi connectivity index (χ1n) is 7.60. The molecule has 1 aromatic carbocycles. The first-order valence-corrected chi connectivity index (χ1v) is 7.60. The predicted octanol–water partition coefficient (Wildman–Crippen LogP) is 2.43. The van der Waals surface area contributed by atoms with Crippen LogP contribution in [-0.2, 0) is 11.8 Å². The largest absolute Gasteiger partial charge is 0.329 e. The van der Waals surface area contributed by atoms with Gasteiger partial charge in [-0.3, -0.25) is 13.9 Å². The van der Waals surface area contributed by atoms with Crippen molar-refractivity contribution in [2.24, 2.45) is 7.05 Å². The molecule has 0 bridgehead atoms. The summed E-state index contributed by atoms with van der Waals surface area (Å²) in [5.74, 6) is 0.158. The molecule has 0 saturated carbocycles. The van der Waals surface area contributed by atoms with E-state index >= 15 is 0 Å². The zero-order chi connectivity index (χ0) is 16.0. The highest BCUT2D eigenvalue weighted by Gasteiger charge is 2.29. The lowest BCUT2D eigenvalue weighted by Gasteiger charge is -2.24. The van der Waals surface area contributed by atoms with Gasteiger partial charge in [0.1, 0.15) is 6.04 Å². The number of piperidine rings is 1. The monoisotopic (exact) mass is 299 g/mol. The van der Waals surface area contributed by atoms with E-state index in [0.717, 1.165) is 22.3 Å². The Morgan fingerprint density at radius 2 is 2.05 bits per heavy atom. The Morgan fingerprint density at radius 1 is 1.32 bits per heavy atom. The van der Waals surface area contributed by atoms with Crippen LogP contribution >= 0.6 is 0 Å². The van der Waals surface area contributed by atoms with Crippen LogP contribution in [0.5, 0.6) is 0 Å². The van der Waals surface area contributed by atoms with Gasteiger partial charge in [0, 0.05) is 12.7 Å². The molecule has 3 rings (SSSR count). The van der Waals surface area contributed by atoms with Gasteiger partial charge in [0.2, 0.25) is 5.91 Å². The summed E-state index contributed by atoms with van der Waals surface area (Å²) < 4.78 is 3.28. The van der Waals surface area contributed by atoms with Gasteiger partial charge >= 0.3 is 5.69 Å². The topological polar surface area (TPSA) is 56.0 Å². The van der Waals surface area contributed by atoms with E-state index in [1.54, 1.807) is 16.2 Å². The number of carbonyl (C=O) groups excluding carboxylic acids is 1. The van der Waals surface area contributed by atoms with Crippen LogP contribution in [0.4, 0.5) is 0 Å². The van der Waals surface area contributed by atoms with E-state index in [1.165, 1.54) is 0 Å². The van der Waals surface area contributed by atoms with Gasteiger partial charge in [-0.25, -0.2) is 4.79 Å². The maximum atomic E-state index is 12.7. The molecule has 1 aliphatic rings. The molecule has 1 N–H and O–H groups in total. The van der Waals surface area contributed by atoms with Gasteiger partial charge in [-0.2, -0.15) is 0 Å². The third kappa shape index (κ3) is 2.08. The fourth-order valence-electron chi connectivity index (χ4n) is 3.24. The van der Waals surface area contributed by atoms with Crippen molar-refractivity contribution in [3.05, 3.63) is 46.5 Å². The normalized spacial score (nSPS) is 19.0. The smallest absolute Gasteiger partial charge is 0.329 e. The van der Waals surface area contributed by atoms with Crippen LogP contribution in [0.15, 0.2) is 35.3 Å². The summed E-state index contributed by atoms with van der Waals surface area (Å²) in [6.07, 6.45) is 1.30. The minimum atomic E-state index is -0.468. The van der Waals surface area contributed by atoms with Crippen LogP contribution in [0.2, 0.25) is 0 Å². The number of amides is 1. The number of rotatable bonds is 2. The van der Waals surface area contributed by atoms with Gasteiger partial charge in [0.25, 0.3) is 0 Å². The summed E-state index contributed by atoms with van der Waals surface area (Å²) in [5.41, 5.74) is 3.44. The van der Waals surface area contributed by atoms with Gasteiger partial charge in [-0.1, -0.05) is 32.6 Å². The molecule has 0 unspecified atom stereocenters. The zero-order valence-corrected chi connectivity index (χ0v) is 13.2. The Hall–Kier alpha value is -2.30. The van der Waals surface area contributed by atoms with E-state index < -0.39 is 6.04 Å². The van der Waals surface area contributed by atoms with Crippen LogP contribution < -0.4 is 11.0 Å². The molecule has 5 heteroatoms. The van der Waals surface area contributed by atoms with Crippen molar-refractivity contribution in [1.29, 1.82) is 0 Å². The molecule has 0 radical (unpaired) electrons. The summed E-state index contributed by atoms with van der Waals surface area (Å²) in [6.45, 7) is 8.01. The number of hydrogen-bond acceptors (Lipinski definition) is 2. The first kappa shape index (κ1) is 14.6. The van der Waals surface area contributed by atoms with E-state index in [1.807, 2.05) is 18.2 Å². The van der Waals surface area contributed by atoms with Gasteiger partial charge in [-0.15, -0.1) is 0 Å². The summed E-state index contributed by atoms with van der Waals surface area (Å²) in [4.78, 5) is 25.0. The van der Waals surface area contributed by atoms with E-state index in [0.29, 0.717) is 18.8 Å². The van der Waals surface area contributed by atoms with Crippen molar-refractivity contribution in [3.63, 3.8) is 0 Å². The second kappa shape index (κ2) is 5.16. The van der Waals surface area contributed by atoms with Crippen LogP contribution in [0, 0.1) is 0 Å². The third-order valence-electron chi connectivity index (χ3n) is 4.39. The highest BCUT2D eigenvalue weighted by molar-refractivity contribution is 5.87. The first-order chi connectivity index (χ1) is 10.4. The maximum absolute atomic E-state index is 12.7. The summed E-state index contributed by atoms with van der Waals surface area (Å²) >= 11 is 0. The lowest BCUT2D eigenvalue weighted by Crippen LogP contribution is -2.40. The number of imidazole rings is 1. The maximum Gasteiger partial charge on any atom is 0.329 e. The minimum absolute atomic E-state index is 0.143. The molecule has 1 aromatic heterocycles. The summed E-state index contributed by atoms with van der Waals surface area (Å²) in [5, 5.41) is 2.76. The second-order valence-corrected chi connectivity index (χ2v) is 6.23. The fourth-order valence-corrected chi connectivity index (χ4v) is 3.24. The molecule has 5 nitrogen and oxygen atoms in total. The van der Waals surface area contributed by atoms with Crippen molar-refractivity contribution >= 4 is 16.9 Å². The van der Waals surface area contributed by atoms with E-state index in [2.05, 4.69) is 25.7 Å². The molecular formula is C17H21N3O2. The molecule has 1 atom stereocenters. The molecule has 22 heavy (non-hydrogen) atoms. The van der Waals surface area contributed by atoms with E-state index in [-0.39, 0.29) is 11.6 Å². The SMILES string of the molecule is C=C1CC[C@@H](n2c(=O)n(C)c3c(C(C)C)cccc32)C(=O)N1. The molecule has 0 aliphatic carbocycles. The molecule has 1 saturated heterocycles. The number of para-hydroxylation sites is 1. The lowest BCUT2D eigenvalue weighted by molar-refractivity contribution is -0.124. The molecule has 2 aromatic rings. The molecule has 116 valence electrons. The molecular weight excluding hydrogens is 278 g/mol. The number of nitrogens with zero attached hydrogens (tertiary/aromatic N) is 2. The van der Waals surface area contributed by atoms with Gasteiger partial charge < -0.3 is 5.32 Å². The molecule has 1 amide bonds. The average molecular weight is 299 g/mol. The average Bonchev–Trinajstić information content (AvgIpc) is 2.72. The molecule has 1 aliphatic heterocycles. The number of carbonyl (C=O) groups is 1. The van der Waals surface area contributed by atoms with Crippen molar-refractivity contribution in [1.82, 2.24) is 14.5 Å². The Bertz CT molecular complexity index is 826. The summed E-state index contributed by atoms with van der Waals surface area (Å²) in [6, 6.07) is 5.44. The number of benzene rings is 1. The minimum Gasteiger partial charge on any atom is -0.329 e.